The molecule has 224 valence electrons. The molecule has 0 amide bonds. The van der Waals surface area contributed by atoms with Crippen LogP contribution in [-0.2, 0) is 28.7 Å². The second kappa shape index (κ2) is 11.0. The highest BCUT2D eigenvalue weighted by molar-refractivity contribution is 5.97. The monoisotopic (exact) mass is 556 g/mol. The maximum atomic E-state index is 13.4. The van der Waals surface area contributed by atoms with Gasteiger partial charge in [0.2, 0.25) is 0 Å². The molecule has 0 N–H and O–H groups in total. The summed E-state index contributed by atoms with van der Waals surface area (Å²) in [4.78, 5) is 51.2. The smallest absolute Gasteiger partial charge is 0.309 e. The van der Waals surface area contributed by atoms with Gasteiger partial charge in [-0.05, 0) is 86.4 Å². The molecule has 0 radical (unpaired) electrons. The van der Waals surface area contributed by atoms with Gasteiger partial charge in [-0.3, -0.25) is 14.4 Å². The van der Waals surface area contributed by atoms with Crippen LogP contribution in [0.4, 0.5) is 0 Å². The average molecular weight is 557 g/mol. The quantitative estimate of drug-likeness (QED) is 0.239. The van der Waals surface area contributed by atoms with Crippen LogP contribution in [0.3, 0.4) is 0 Å². The lowest BCUT2D eigenvalue weighted by Crippen LogP contribution is -2.67. The van der Waals surface area contributed by atoms with E-state index in [-0.39, 0.29) is 35.6 Å². The van der Waals surface area contributed by atoms with E-state index in [1.165, 1.54) is 39.0 Å². The van der Waals surface area contributed by atoms with E-state index in [0.717, 1.165) is 12.7 Å². The molecule has 0 aromatic carbocycles. The fraction of sp³-hybridized carbons (Fsp3) is 0.824. The first-order chi connectivity index (χ1) is 18.7. The molecule has 0 aromatic heterocycles. The van der Waals surface area contributed by atoms with Crippen LogP contribution in [0.2, 0.25) is 0 Å². The number of hydrogen-bond acceptors (Lipinski definition) is 6. The lowest BCUT2D eigenvalue weighted by atomic mass is 9.34. The highest BCUT2D eigenvalue weighted by Gasteiger charge is 2.69. The lowest BCUT2D eigenvalue weighted by molar-refractivity contribution is -0.240. The summed E-state index contributed by atoms with van der Waals surface area (Å²) >= 11 is 0. The third kappa shape index (κ3) is 4.69. The summed E-state index contributed by atoms with van der Waals surface area (Å²) in [6, 6.07) is 0. The number of rotatable bonds is 8. The number of hydrogen-bond donors (Lipinski definition) is 0. The first-order valence-electron chi connectivity index (χ1n) is 15.7. The number of ketones is 1. The highest BCUT2D eigenvalue weighted by atomic mass is 16.5. The maximum absolute atomic E-state index is 13.4. The zero-order valence-electron chi connectivity index (χ0n) is 26.1. The highest BCUT2D eigenvalue weighted by Crippen LogP contribution is 2.73. The predicted molar refractivity (Wildman–Crippen MR) is 154 cm³/mol. The number of ether oxygens (including phenoxy) is 2. The summed E-state index contributed by atoms with van der Waals surface area (Å²) in [6.07, 6.45) is 10.8. The van der Waals surface area contributed by atoms with E-state index in [1.807, 2.05) is 6.08 Å². The van der Waals surface area contributed by atoms with E-state index < -0.39 is 35.3 Å². The molecule has 6 heteroatoms. The van der Waals surface area contributed by atoms with Crippen LogP contribution in [-0.4, -0.2) is 36.7 Å². The molecule has 4 aliphatic rings. The summed E-state index contributed by atoms with van der Waals surface area (Å²) in [6.45, 7) is 17.0. The fourth-order valence-corrected chi connectivity index (χ4v) is 10.5. The molecule has 0 spiro atoms. The SMILES string of the molecule is CCOC(=O)C(C)CC(=O)OC1CC2C3(C)CCCC(C)(CC)C3CCC2(C)C2CC=C(C(C)=O)C(C=O)C12C. The average Bonchev–Trinajstić information content (AvgIpc) is 2.89. The van der Waals surface area contributed by atoms with Crippen molar-refractivity contribution in [1.82, 2.24) is 0 Å². The van der Waals surface area contributed by atoms with Crippen molar-refractivity contribution in [3.63, 3.8) is 0 Å². The van der Waals surface area contributed by atoms with Crippen molar-refractivity contribution in [2.24, 2.45) is 51.2 Å². The van der Waals surface area contributed by atoms with Crippen molar-refractivity contribution < 1.29 is 28.7 Å². The Labute approximate surface area is 241 Å². The summed E-state index contributed by atoms with van der Waals surface area (Å²) in [5, 5.41) is 0. The largest absolute Gasteiger partial charge is 0.466 e. The van der Waals surface area contributed by atoms with Crippen LogP contribution in [0.25, 0.3) is 0 Å². The molecule has 10 unspecified atom stereocenters. The molecule has 0 aromatic rings. The molecule has 0 bridgehead atoms. The van der Waals surface area contributed by atoms with Gasteiger partial charge in [-0.25, -0.2) is 0 Å². The van der Waals surface area contributed by atoms with Crippen LogP contribution in [0.15, 0.2) is 11.6 Å². The molecular weight excluding hydrogens is 504 g/mol. The minimum atomic E-state index is -0.697. The van der Waals surface area contributed by atoms with E-state index in [4.69, 9.17) is 9.47 Å². The van der Waals surface area contributed by atoms with Crippen molar-refractivity contribution in [2.75, 3.05) is 6.61 Å². The summed E-state index contributed by atoms with van der Waals surface area (Å²) in [5.41, 5.74) is 0.232. The first-order valence-corrected chi connectivity index (χ1v) is 15.7. The molecule has 4 rings (SSSR count). The van der Waals surface area contributed by atoms with Gasteiger partial charge in [0.15, 0.2) is 5.78 Å². The van der Waals surface area contributed by atoms with E-state index in [0.29, 0.717) is 35.7 Å². The zero-order chi connectivity index (χ0) is 29.7. The van der Waals surface area contributed by atoms with Gasteiger partial charge in [-0.15, -0.1) is 0 Å². The van der Waals surface area contributed by atoms with Crippen molar-refractivity contribution >= 4 is 24.0 Å². The van der Waals surface area contributed by atoms with Gasteiger partial charge >= 0.3 is 11.9 Å². The summed E-state index contributed by atoms with van der Waals surface area (Å²) in [7, 11) is 0. The number of Topliss-reactive ketones (excluding diaryl/α,β-unsaturated/α-hetero) is 1. The number of esters is 2. The Morgan fingerprint density at radius 1 is 1.02 bits per heavy atom. The molecule has 4 aliphatic carbocycles. The normalized spacial score (nSPS) is 43.2. The minimum absolute atomic E-state index is 0.0345. The van der Waals surface area contributed by atoms with E-state index in [1.54, 1.807) is 13.8 Å². The van der Waals surface area contributed by atoms with Crippen LogP contribution in [0.1, 0.15) is 113 Å². The van der Waals surface area contributed by atoms with E-state index in [9.17, 15) is 19.2 Å². The summed E-state index contributed by atoms with van der Waals surface area (Å²) in [5.74, 6) is -1.12. The van der Waals surface area contributed by atoms with Gasteiger partial charge < -0.3 is 14.3 Å². The number of allylic oxidation sites excluding steroid dienone is 2. The number of carbonyl (C=O) groups excluding carboxylic acids is 4. The fourth-order valence-electron chi connectivity index (χ4n) is 10.5. The van der Waals surface area contributed by atoms with Crippen molar-refractivity contribution in [3.05, 3.63) is 11.6 Å². The van der Waals surface area contributed by atoms with Crippen LogP contribution in [0, 0.1) is 51.2 Å². The van der Waals surface area contributed by atoms with Gasteiger partial charge in [-0.1, -0.05) is 60.5 Å². The minimum Gasteiger partial charge on any atom is -0.466 e. The molecule has 3 saturated carbocycles. The third-order valence-corrected chi connectivity index (χ3v) is 12.7. The van der Waals surface area contributed by atoms with Crippen LogP contribution < -0.4 is 0 Å². The lowest BCUT2D eigenvalue weighted by Gasteiger charge is -2.70. The second-order valence-electron chi connectivity index (χ2n) is 14.6. The van der Waals surface area contributed by atoms with Gasteiger partial charge in [0.05, 0.1) is 24.9 Å². The zero-order valence-corrected chi connectivity index (χ0v) is 26.1. The third-order valence-electron chi connectivity index (χ3n) is 12.7. The van der Waals surface area contributed by atoms with Crippen molar-refractivity contribution in [2.45, 2.75) is 119 Å². The van der Waals surface area contributed by atoms with Gasteiger partial charge in [0, 0.05) is 11.0 Å². The number of aldehydes is 1. The molecule has 3 fully saturated rings. The van der Waals surface area contributed by atoms with Gasteiger partial charge in [0.1, 0.15) is 12.4 Å². The number of fused-ring (bicyclic) bond motifs is 5. The Morgan fingerprint density at radius 2 is 1.70 bits per heavy atom. The van der Waals surface area contributed by atoms with Crippen LogP contribution >= 0.6 is 0 Å². The molecule has 10 atom stereocenters. The van der Waals surface area contributed by atoms with E-state index >= 15 is 0 Å². The summed E-state index contributed by atoms with van der Waals surface area (Å²) < 4.78 is 11.5. The number of carbonyl (C=O) groups is 4. The molecule has 0 saturated heterocycles. The van der Waals surface area contributed by atoms with Gasteiger partial charge in [0.25, 0.3) is 0 Å². The van der Waals surface area contributed by atoms with Crippen molar-refractivity contribution in [3.8, 4) is 0 Å². The molecule has 0 heterocycles. The Bertz CT molecular complexity index is 1060. The van der Waals surface area contributed by atoms with Crippen molar-refractivity contribution in [1.29, 1.82) is 0 Å². The Kier molecular flexibility index (Phi) is 8.53. The van der Waals surface area contributed by atoms with E-state index in [2.05, 4.69) is 34.6 Å². The molecule has 6 nitrogen and oxygen atoms in total. The van der Waals surface area contributed by atoms with Gasteiger partial charge in [-0.2, -0.15) is 0 Å². The van der Waals surface area contributed by atoms with Crippen LogP contribution in [0.5, 0.6) is 0 Å². The second-order valence-corrected chi connectivity index (χ2v) is 14.6. The topological polar surface area (TPSA) is 86.7 Å². The maximum Gasteiger partial charge on any atom is 0.309 e. The Morgan fingerprint density at radius 3 is 2.30 bits per heavy atom. The Balaban J connectivity index is 1.77. The Hall–Kier alpha value is -1.98. The molecule has 40 heavy (non-hydrogen) atoms. The molecule has 0 aliphatic heterocycles. The molecular formula is C34H52O6. The predicted octanol–water partition coefficient (Wildman–Crippen LogP) is 6.89. The standard InChI is InChI=1S/C34H52O6/c1-9-31(5)15-11-16-32(6)25(31)14-17-33(7)26-13-12-23(22(4)36)24(20-35)34(26,8)28(19-27(32)33)40-29(37)18-21(3)30(38)39-10-2/h12,20-21,24-28H,9-11,13-19H2,1-8H3. The first kappa shape index (κ1) is 31.0.